The maximum absolute atomic E-state index is 13.0. The molecule has 2 N–H and O–H groups in total. The van der Waals surface area contributed by atoms with Gasteiger partial charge in [-0.2, -0.15) is 0 Å². The number of thioether (sulfide) groups is 2. The number of amides is 2. The average molecular weight is 566 g/mol. The number of aliphatic carboxylic acids is 1. The Morgan fingerprint density at radius 2 is 1.97 bits per heavy atom. The van der Waals surface area contributed by atoms with Crippen LogP contribution >= 0.6 is 46.7 Å². The normalized spacial score (nSPS) is 20.9. The number of carbonyl (C=O) groups is 3. The quantitative estimate of drug-likeness (QED) is 0.303. The van der Waals surface area contributed by atoms with E-state index in [0.29, 0.717) is 32.8 Å². The summed E-state index contributed by atoms with van der Waals surface area (Å²) < 4.78 is 2.00. The van der Waals surface area contributed by atoms with Crippen molar-refractivity contribution < 1.29 is 24.1 Å². The third kappa shape index (κ3) is 5.11. The smallest absolute Gasteiger partial charge is 0.352 e. The fraction of sp³-hybridized carbons (Fsp3) is 0.360. The van der Waals surface area contributed by atoms with Gasteiger partial charge < -0.3 is 10.4 Å². The molecule has 11 heteroatoms. The van der Waals surface area contributed by atoms with E-state index >= 15 is 0 Å². The minimum atomic E-state index is -1.13. The molecule has 188 valence electrons. The van der Waals surface area contributed by atoms with Gasteiger partial charge in [-0.3, -0.25) is 14.5 Å². The van der Waals surface area contributed by atoms with Crippen LogP contribution in [0.2, 0.25) is 10.0 Å². The number of hydrogen-bond donors (Lipinski definition) is 2. The number of rotatable bonds is 7. The zero-order valence-electron chi connectivity index (χ0n) is 19.2. The van der Waals surface area contributed by atoms with E-state index in [2.05, 4.69) is 17.6 Å². The van der Waals surface area contributed by atoms with Gasteiger partial charge in [0.1, 0.15) is 17.1 Å². The Morgan fingerprint density at radius 3 is 2.75 bits per heavy atom. The first-order valence-electron chi connectivity index (χ1n) is 11.6. The molecule has 0 radical (unpaired) electrons. The number of aromatic nitrogens is 1. The Labute approximate surface area is 227 Å². The van der Waals surface area contributed by atoms with Crippen molar-refractivity contribution in [1.29, 1.82) is 0 Å². The third-order valence-electron chi connectivity index (χ3n) is 6.54. The molecule has 1 aliphatic carbocycles. The number of β-lactam (4-membered cyclic amide) rings is 1. The van der Waals surface area contributed by atoms with Crippen molar-refractivity contribution in [3.05, 3.63) is 69.1 Å². The van der Waals surface area contributed by atoms with Crippen LogP contribution in [0.5, 0.6) is 0 Å². The lowest BCUT2D eigenvalue weighted by molar-refractivity contribution is -0.689. The van der Waals surface area contributed by atoms with E-state index in [-0.39, 0.29) is 17.4 Å². The SMILES string of the molecule is O=C(CSc1cc(Cl)ccc1Cl)N[C@@H]1C(=O)N2C(C(=O)O)=C(C[n+]3ccc4c(c3)CCCC4)CS[C@H]12. The molecule has 3 heterocycles. The van der Waals surface area contributed by atoms with Crippen molar-refractivity contribution in [2.45, 2.75) is 48.5 Å². The molecule has 1 aromatic heterocycles. The summed E-state index contributed by atoms with van der Waals surface area (Å²) in [5.41, 5.74) is 3.38. The van der Waals surface area contributed by atoms with Crippen LogP contribution in [0.15, 0.2) is 52.8 Å². The summed E-state index contributed by atoms with van der Waals surface area (Å²) in [6, 6.07) is 6.37. The number of hydrogen-bond acceptors (Lipinski definition) is 5. The fourth-order valence-electron chi connectivity index (χ4n) is 4.79. The van der Waals surface area contributed by atoms with Gasteiger partial charge in [-0.25, -0.2) is 9.36 Å². The molecule has 7 nitrogen and oxygen atoms in total. The number of fused-ring (bicyclic) bond motifs is 2. The first-order chi connectivity index (χ1) is 17.3. The highest BCUT2D eigenvalue weighted by Crippen LogP contribution is 2.40. The number of aryl methyl sites for hydroxylation is 2. The topological polar surface area (TPSA) is 90.6 Å². The second-order valence-corrected chi connectivity index (χ2v) is 11.9. The van der Waals surface area contributed by atoms with E-state index in [1.807, 2.05) is 10.8 Å². The Kier molecular flexibility index (Phi) is 7.53. The van der Waals surface area contributed by atoms with Crippen molar-refractivity contribution in [3.8, 4) is 0 Å². The minimum absolute atomic E-state index is 0.0274. The molecule has 2 amide bonds. The first kappa shape index (κ1) is 25.4. The fourth-order valence-corrected chi connectivity index (χ4v) is 7.43. The summed E-state index contributed by atoms with van der Waals surface area (Å²) in [5, 5.41) is 13.3. The highest BCUT2D eigenvalue weighted by atomic mass is 35.5. The first-order valence-corrected chi connectivity index (χ1v) is 14.4. The van der Waals surface area contributed by atoms with Crippen LogP contribution in [-0.4, -0.2) is 50.7 Å². The monoisotopic (exact) mass is 564 g/mol. The molecule has 0 saturated carbocycles. The number of benzene rings is 1. The number of carbonyl (C=O) groups excluding carboxylic acids is 2. The summed E-state index contributed by atoms with van der Waals surface area (Å²) in [4.78, 5) is 39.7. The Hall–Kier alpha value is -2.20. The predicted molar refractivity (Wildman–Crippen MR) is 140 cm³/mol. The van der Waals surface area contributed by atoms with Gasteiger partial charge in [0.2, 0.25) is 5.91 Å². The maximum atomic E-state index is 13.0. The Balaban J connectivity index is 1.26. The van der Waals surface area contributed by atoms with Gasteiger partial charge in [-0.05, 0) is 49.4 Å². The summed E-state index contributed by atoms with van der Waals surface area (Å²) >= 11 is 14.9. The second kappa shape index (κ2) is 10.7. The average Bonchev–Trinajstić information content (AvgIpc) is 2.87. The molecule has 36 heavy (non-hydrogen) atoms. The van der Waals surface area contributed by atoms with Crippen LogP contribution in [0.4, 0.5) is 0 Å². The molecular formula is C25H24Cl2N3O4S2+. The van der Waals surface area contributed by atoms with Crippen LogP contribution in [-0.2, 0) is 33.8 Å². The molecule has 0 spiro atoms. The van der Waals surface area contributed by atoms with Crippen LogP contribution in [0.1, 0.15) is 24.0 Å². The van der Waals surface area contributed by atoms with E-state index in [1.54, 1.807) is 18.2 Å². The van der Waals surface area contributed by atoms with E-state index in [0.717, 1.165) is 19.3 Å². The van der Waals surface area contributed by atoms with E-state index in [9.17, 15) is 19.5 Å². The number of pyridine rings is 1. The Morgan fingerprint density at radius 1 is 1.19 bits per heavy atom. The molecule has 1 aromatic carbocycles. The van der Waals surface area contributed by atoms with Gasteiger partial charge in [0, 0.05) is 32.9 Å². The minimum Gasteiger partial charge on any atom is -0.477 e. The molecule has 1 fully saturated rings. The number of halogens is 2. The highest BCUT2D eigenvalue weighted by molar-refractivity contribution is 8.00. The molecule has 2 atom stereocenters. The van der Waals surface area contributed by atoms with Gasteiger partial charge in [0.25, 0.3) is 5.91 Å². The lowest BCUT2D eigenvalue weighted by atomic mass is 9.93. The molecule has 5 rings (SSSR count). The van der Waals surface area contributed by atoms with Gasteiger partial charge in [-0.15, -0.1) is 23.5 Å². The van der Waals surface area contributed by atoms with E-state index in [1.165, 1.54) is 46.0 Å². The molecule has 2 aromatic rings. The number of carboxylic acid groups (broad SMARTS) is 1. The predicted octanol–water partition coefficient (Wildman–Crippen LogP) is 3.69. The molecule has 0 unspecified atom stereocenters. The van der Waals surface area contributed by atoms with Crippen LogP contribution in [0.3, 0.4) is 0 Å². The van der Waals surface area contributed by atoms with Crippen molar-refractivity contribution in [2.24, 2.45) is 0 Å². The maximum Gasteiger partial charge on any atom is 0.352 e. The van der Waals surface area contributed by atoms with E-state index < -0.39 is 23.3 Å². The van der Waals surface area contributed by atoms with Gasteiger partial charge in [0.15, 0.2) is 18.9 Å². The van der Waals surface area contributed by atoms with Gasteiger partial charge in [-0.1, -0.05) is 23.2 Å². The zero-order chi connectivity index (χ0) is 25.4. The summed E-state index contributed by atoms with van der Waals surface area (Å²) in [7, 11) is 0. The largest absolute Gasteiger partial charge is 0.477 e. The zero-order valence-corrected chi connectivity index (χ0v) is 22.4. The Bertz CT molecular complexity index is 1290. The highest BCUT2D eigenvalue weighted by Gasteiger charge is 2.54. The van der Waals surface area contributed by atoms with Crippen molar-refractivity contribution in [3.63, 3.8) is 0 Å². The number of nitrogens with zero attached hydrogens (tertiary/aromatic N) is 2. The van der Waals surface area contributed by atoms with E-state index in [4.69, 9.17) is 23.2 Å². The molecular weight excluding hydrogens is 541 g/mol. The summed E-state index contributed by atoms with van der Waals surface area (Å²) in [6.07, 6.45) is 8.56. The number of carboxylic acids is 1. The van der Waals surface area contributed by atoms with Gasteiger partial charge >= 0.3 is 5.97 Å². The van der Waals surface area contributed by atoms with Crippen LogP contribution < -0.4 is 9.88 Å². The molecule has 1 saturated heterocycles. The molecule has 3 aliphatic rings. The lowest BCUT2D eigenvalue weighted by Crippen LogP contribution is -2.71. The summed E-state index contributed by atoms with van der Waals surface area (Å²) in [5.74, 6) is -1.33. The standard InChI is InChI=1S/C25H23Cl2N3O4S2/c26-17-5-6-18(27)19(9-17)35-13-20(31)28-21-23(32)30-22(25(33)34)16(12-36-24(21)30)11-29-8-7-14-3-1-2-4-15(14)10-29/h5-10,21,24H,1-4,11-13H2,(H-,28,31,33,34)/p+1/t21-,24-/m1/s1. The lowest BCUT2D eigenvalue weighted by Gasteiger charge is -2.49. The van der Waals surface area contributed by atoms with Crippen LogP contribution in [0.25, 0.3) is 0 Å². The summed E-state index contributed by atoms with van der Waals surface area (Å²) in [6.45, 7) is 0.409. The third-order valence-corrected chi connectivity index (χ3v) is 9.61. The number of nitrogens with one attached hydrogen (secondary N) is 1. The van der Waals surface area contributed by atoms with Crippen molar-refractivity contribution in [2.75, 3.05) is 11.5 Å². The van der Waals surface area contributed by atoms with Crippen molar-refractivity contribution >= 4 is 64.5 Å². The van der Waals surface area contributed by atoms with Crippen molar-refractivity contribution in [1.82, 2.24) is 10.2 Å². The molecule has 0 bridgehead atoms. The molecule has 2 aliphatic heterocycles. The van der Waals surface area contributed by atoms with Crippen LogP contribution in [0, 0.1) is 0 Å². The second-order valence-electron chi connectivity index (χ2n) is 8.95. The van der Waals surface area contributed by atoms with Gasteiger partial charge in [0.05, 0.1) is 10.8 Å².